The summed E-state index contributed by atoms with van der Waals surface area (Å²) in [5.41, 5.74) is 4.99. The van der Waals surface area contributed by atoms with E-state index in [0.29, 0.717) is 10.7 Å². The first-order valence-electron chi connectivity index (χ1n) is 5.64. The number of hydrogen-bond donors (Lipinski definition) is 1. The van der Waals surface area contributed by atoms with E-state index in [-0.39, 0.29) is 11.5 Å². The molecule has 0 aliphatic heterocycles. The molecule has 0 fully saturated rings. The monoisotopic (exact) mass is 293 g/mol. The van der Waals surface area contributed by atoms with Gasteiger partial charge in [0.15, 0.2) is 5.69 Å². The molecule has 0 aliphatic rings. The molecule has 0 unspecified atom stereocenters. The molecular formula is C12H12ClN5O2. The van der Waals surface area contributed by atoms with Gasteiger partial charge in [-0.1, -0.05) is 17.7 Å². The first-order chi connectivity index (χ1) is 9.41. The first kappa shape index (κ1) is 14.0. The molecule has 1 aromatic carbocycles. The quantitative estimate of drug-likeness (QED) is 0.854. The Morgan fingerprint density at radius 3 is 2.50 bits per heavy atom. The normalized spacial score (nSPS) is 11.2. The van der Waals surface area contributed by atoms with Crippen molar-refractivity contribution >= 4 is 28.8 Å². The Hall–Kier alpha value is -2.41. The molecule has 8 heteroatoms. The predicted octanol–water partition coefficient (Wildman–Crippen LogP) is 1.73. The standard InChI is InChI=1S/C12H12ClN5O2/c1-17-10(14)9(11(19)18(2)12(17)20)16-15-8-5-3-4-7(13)6-8/h3-6H,14H2,1-2H3. The average molecular weight is 294 g/mol. The van der Waals surface area contributed by atoms with Crippen molar-refractivity contribution in [1.82, 2.24) is 9.13 Å². The number of nitrogens with two attached hydrogens (primary N) is 1. The molecule has 1 heterocycles. The topological polar surface area (TPSA) is 94.7 Å². The predicted molar refractivity (Wildman–Crippen MR) is 77.0 cm³/mol. The molecule has 0 spiro atoms. The van der Waals surface area contributed by atoms with E-state index in [0.717, 1.165) is 9.13 Å². The molecule has 0 radical (unpaired) electrons. The van der Waals surface area contributed by atoms with Crippen LogP contribution in [-0.4, -0.2) is 9.13 Å². The van der Waals surface area contributed by atoms with Gasteiger partial charge in [0, 0.05) is 19.1 Å². The van der Waals surface area contributed by atoms with E-state index in [1.165, 1.54) is 14.1 Å². The summed E-state index contributed by atoms with van der Waals surface area (Å²) in [5, 5.41) is 8.23. The van der Waals surface area contributed by atoms with E-state index in [2.05, 4.69) is 10.2 Å². The van der Waals surface area contributed by atoms with Crippen LogP contribution in [-0.2, 0) is 14.1 Å². The van der Waals surface area contributed by atoms with E-state index >= 15 is 0 Å². The molecule has 2 N–H and O–H groups in total. The lowest BCUT2D eigenvalue weighted by atomic mass is 10.3. The molecule has 104 valence electrons. The SMILES string of the molecule is Cn1c(N)c(N=Nc2cccc(Cl)c2)c(=O)n(C)c1=O. The van der Waals surface area contributed by atoms with Crippen molar-refractivity contribution in [3.8, 4) is 0 Å². The minimum absolute atomic E-state index is 0.0381. The molecule has 1 aromatic heterocycles. The molecule has 7 nitrogen and oxygen atoms in total. The highest BCUT2D eigenvalue weighted by atomic mass is 35.5. The smallest absolute Gasteiger partial charge is 0.332 e. The van der Waals surface area contributed by atoms with Crippen LogP contribution < -0.4 is 17.0 Å². The second kappa shape index (κ2) is 5.30. The number of rotatable bonds is 2. The maximum Gasteiger partial charge on any atom is 0.332 e. The summed E-state index contributed by atoms with van der Waals surface area (Å²) in [7, 11) is 2.80. The van der Waals surface area contributed by atoms with Crippen molar-refractivity contribution in [2.45, 2.75) is 0 Å². The number of halogens is 1. The van der Waals surface area contributed by atoms with E-state index in [9.17, 15) is 9.59 Å². The number of benzene rings is 1. The second-order valence-electron chi connectivity index (χ2n) is 4.12. The van der Waals surface area contributed by atoms with Crippen molar-refractivity contribution in [3.05, 3.63) is 50.1 Å². The Bertz CT molecular complexity index is 806. The van der Waals surface area contributed by atoms with Crippen LogP contribution in [0, 0.1) is 0 Å². The van der Waals surface area contributed by atoms with E-state index < -0.39 is 11.2 Å². The van der Waals surface area contributed by atoms with E-state index in [1.54, 1.807) is 24.3 Å². The Balaban J connectivity index is 2.55. The van der Waals surface area contributed by atoms with Crippen LogP contribution in [0.15, 0.2) is 44.1 Å². The number of nitrogen functional groups attached to an aromatic ring is 1. The van der Waals surface area contributed by atoms with Gasteiger partial charge in [-0.2, -0.15) is 5.11 Å². The molecule has 20 heavy (non-hydrogen) atoms. The van der Waals surface area contributed by atoms with Gasteiger partial charge in [0.1, 0.15) is 5.82 Å². The van der Waals surface area contributed by atoms with Crippen LogP contribution in [0.4, 0.5) is 17.2 Å². The Labute approximate surface area is 118 Å². The highest BCUT2D eigenvalue weighted by Gasteiger charge is 2.12. The van der Waals surface area contributed by atoms with Crippen molar-refractivity contribution in [1.29, 1.82) is 0 Å². The van der Waals surface area contributed by atoms with Crippen LogP contribution in [0.2, 0.25) is 5.02 Å². The number of aromatic nitrogens is 2. The maximum atomic E-state index is 11.9. The fourth-order valence-electron chi connectivity index (χ4n) is 1.58. The van der Waals surface area contributed by atoms with Crippen molar-refractivity contribution in [2.24, 2.45) is 24.3 Å². The molecule has 0 saturated carbocycles. The summed E-state index contributed by atoms with van der Waals surface area (Å²) in [6, 6.07) is 6.67. The third kappa shape index (κ3) is 2.48. The molecular weight excluding hydrogens is 282 g/mol. The van der Waals surface area contributed by atoms with Gasteiger partial charge in [-0.3, -0.25) is 13.9 Å². The fraction of sp³-hybridized carbons (Fsp3) is 0.167. The maximum absolute atomic E-state index is 11.9. The Morgan fingerprint density at radius 1 is 1.15 bits per heavy atom. The van der Waals surface area contributed by atoms with Crippen molar-refractivity contribution < 1.29 is 0 Å². The lowest BCUT2D eigenvalue weighted by Crippen LogP contribution is -2.37. The largest absolute Gasteiger partial charge is 0.383 e. The number of nitrogens with zero attached hydrogens (tertiary/aromatic N) is 4. The molecule has 2 rings (SSSR count). The van der Waals surface area contributed by atoms with Gasteiger partial charge >= 0.3 is 5.69 Å². The lowest BCUT2D eigenvalue weighted by molar-refractivity contribution is 0.694. The summed E-state index contributed by atoms with van der Waals surface area (Å²) in [5.74, 6) is -0.0381. The van der Waals surface area contributed by atoms with Gasteiger partial charge in [-0.15, -0.1) is 5.11 Å². The average Bonchev–Trinajstić information content (AvgIpc) is 2.43. The van der Waals surface area contributed by atoms with Crippen LogP contribution in [0.25, 0.3) is 0 Å². The summed E-state index contributed by atoms with van der Waals surface area (Å²) < 4.78 is 2.05. The zero-order valence-electron chi connectivity index (χ0n) is 10.9. The van der Waals surface area contributed by atoms with Gasteiger partial charge in [0.05, 0.1) is 5.69 Å². The molecule has 2 aromatic rings. The molecule has 0 atom stereocenters. The van der Waals surface area contributed by atoms with Gasteiger partial charge in [0.25, 0.3) is 5.56 Å². The number of anilines is 1. The summed E-state index contributed by atoms with van der Waals surface area (Å²) in [6.07, 6.45) is 0. The molecule has 0 amide bonds. The van der Waals surface area contributed by atoms with Crippen molar-refractivity contribution in [2.75, 3.05) is 5.73 Å². The molecule has 0 bridgehead atoms. The fourth-order valence-corrected chi connectivity index (χ4v) is 1.77. The minimum Gasteiger partial charge on any atom is -0.383 e. The minimum atomic E-state index is -0.601. The van der Waals surface area contributed by atoms with Gasteiger partial charge < -0.3 is 5.73 Å². The summed E-state index contributed by atoms with van der Waals surface area (Å²) in [6.45, 7) is 0. The van der Waals surface area contributed by atoms with Crippen molar-refractivity contribution in [3.63, 3.8) is 0 Å². The van der Waals surface area contributed by atoms with Crippen LogP contribution in [0.3, 0.4) is 0 Å². The number of azo groups is 1. The summed E-state index contributed by atoms with van der Waals surface area (Å²) >= 11 is 5.82. The Morgan fingerprint density at radius 2 is 1.85 bits per heavy atom. The first-order valence-corrected chi connectivity index (χ1v) is 6.02. The van der Waals surface area contributed by atoms with Gasteiger partial charge in [-0.05, 0) is 18.2 Å². The van der Waals surface area contributed by atoms with Gasteiger partial charge in [0.2, 0.25) is 0 Å². The zero-order valence-corrected chi connectivity index (χ0v) is 11.6. The zero-order chi connectivity index (χ0) is 14.9. The van der Waals surface area contributed by atoms with E-state index in [1.807, 2.05) is 0 Å². The van der Waals surface area contributed by atoms with Crippen LogP contribution in [0.1, 0.15) is 0 Å². The second-order valence-corrected chi connectivity index (χ2v) is 4.56. The summed E-state index contributed by atoms with van der Waals surface area (Å²) in [4.78, 5) is 23.6. The van der Waals surface area contributed by atoms with E-state index in [4.69, 9.17) is 17.3 Å². The molecule has 0 aliphatic carbocycles. The third-order valence-corrected chi connectivity index (χ3v) is 2.99. The van der Waals surface area contributed by atoms with Crippen LogP contribution in [0.5, 0.6) is 0 Å². The molecule has 0 saturated heterocycles. The van der Waals surface area contributed by atoms with Gasteiger partial charge in [-0.25, -0.2) is 4.79 Å². The number of hydrogen-bond acceptors (Lipinski definition) is 5. The lowest BCUT2D eigenvalue weighted by Gasteiger charge is -2.07. The third-order valence-electron chi connectivity index (χ3n) is 2.76. The highest BCUT2D eigenvalue weighted by Crippen LogP contribution is 2.21. The highest BCUT2D eigenvalue weighted by molar-refractivity contribution is 6.30. The Kier molecular flexibility index (Phi) is 3.71. The van der Waals surface area contributed by atoms with Crippen LogP contribution >= 0.6 is 11.6 Å².